The van der Waals surface area contributed by atoms with Crippen LogP contribution in [0.1, 0.15) is 73.9 Å². The lowest BCUT2D eigenvalue weighted by atomic mass is 9.91. The van der Waals surface area contributed by atoms with Gasteiger partial charge in [-0.1, -0.05) is 51.7 Å². The summed E-state index contributed by atoms with van der Waals surface area (Å²) in [4.78, 5) is 11.5. The van der Waals surface area contributed by atoms with Gasteiger partial charge in [0.25, 0.3) is 0 Å². The molecule has 0 spiro atoms. The van der Waals surface area contributed by atoms with Gasteiger partial charge in [-0.15, -0.1) is 0 Å². The summed E-state index contributed by atoms with van der Waals surface area (Å²) >= 11 is 0. The third-order valence-electron chi connectivity index (χ3n) is 4.86. The van der Waals surface area contributed by atoms with Crippen LogP contribution in [0.15, 0.2) is 24.3 Å². The van der Waals surface area contributed by atoms with Crippen LogP contribution >= 0.6 is 0 Å². The summed E-state index contributed by atoms with van der Waals surface area (Å²) in [5, 5.41) is 11.6. The number of ether oxygens (including phenoxy) is 1. The molecular weight excluding hydrogens is 312 g/mol. The Balaban J connectivity index is 2.51. The zero-order chi connectivity index (χ0) is 18.2. The van der Waals surface area contributed by atoms with Crippen LogP contribution in [0.4, 0.5) is 0 Å². The molecular formula is C22H30O3. The minimum absolute atomic E-state index is 0.230. The summed E-state index contributed by atoms with van der Waals surface area (Å²) < 4.78 is 5.35. The fourth-order valence-corrected chi connectivity index (χ4v) is 3.44. The second-order valence-corrected chi connectivity index (χ2v) is 6.70. The summed E-state index contributed by atoms with van der Waals surface area (Å²) in [7, 11) is 1.54. The highest BCUT2D eigenvalue weighted by Crippen LogP contribution is 2.32. The molecule has 0 unspecified atom stereocenters. The van der Waals surface area contributed by atoms with Gasteiger partial charge in [0.1, 0.15) is 11.3 Å². The average molecular weight is 342 g/mol. The molecule has 3 nitrogen and oxygen atoms in total. The predicted octanol–water partition coefficient (Wildman–Crippen LogP) is 6.01. The number of benzene rings is 2. The van der Waals surface area contributed by atoms with Crippen molar-refractivity contribution >= 4 is 16.7 Å². The third-order valence-corrected chi connectivity index (χ3v) is 4.86. The van der Waals surface area contributed by atoms with Crippen LogP contribution in [0.5, 0.6) is 5.75 Å². The van der Waals surface area contributed by atoms with E-state index < -0.39 is 5.97 Å². The maximum absolute atomic E-state index is 11.5. The Morgan fingerprint density at radius 3 is 2.28 bits per heavy atom. The van der Waals surface area contributed by atoms with Gasteiger partial charge in [-0.05, 0) is 59.7 Å². The van der Waals surface area contributed by atoms with E-state index in [4.69, 9.17) is 4.74 Å². The number of rotatable bonds is 10. The second-order valence-electron chi connectivity index (χ2n) is 6.70. The van der Waals surface area contributed by atoms with E-state index in [0.29, 0.717) is 5.75 Å². The van der Waals surface area contributed by atoms with Crippen LogP contribution in [0.3, 0.4) is 0 Å². The van der Waals surface area contributed by atoms with E-state index in [1.54, 1.807) is 6.07 Å². The van der Waals surface area contributed by atoms with Crippen LogP contribution < -0.4 is 4.74 Å². The first-order valence-electron chi connectivity index (χ1n) is 9.48. The molecule has 0 bridgehead atoms. The van der Waals surface area contributed by atoms with Gasteiger partial charge < -0.3 is 9.84 Å². The molecule has 1 N–H and O–H groups in total. The highest BCUT2D eigenvalue weighted by atomic mass is 16.5. The maximum atomic E-state index is 11.5. The van der Waals surface area contributed by atoms with Crippen molar-refractivity contribution in [2.24, 2.45) is 0 Å². The second kappa shape index (κ2) is 9.45. The SMILES string of the molecule is CCCCCc1ccc2cc(C(=O)O)c(OC)cc2c1CCCCC. The molecule has 0 saturated carbocycles. The molecule has 2 aromatic rings. The monoisotopic (exact) mass is 342 g/mol. The van der Waals surface area contributed by atoms with Crippen LogP contribution in [-0.2, 0) is 12.8 Å². The van der Waals surface area contributed by atoms with Gasteiger partial charge in [0.05, 0.1) is 7.11 Å². The summed E-state index contributed by atoms with van der Waals surface area (Å²) in [6, 6.07) is 7.92. The molecule has 2 rings (SSSR count). The fourth-order valence-electron chi connectivity index (χ4n) is 3.44. The van der Waals surface area contributed by atoms with Crippen LogP contribution in [0.2, 0.25) is 0 Å². The number of fused-ring (bicyclic) bond motifs is 1. The van der Waals surface area contributed by atoms with Crippen molar-refractivity contribution in [2.45, 2.75) is 65.2 Å². The Bertz CT molecular complexity index is 719. The van der Waals surface area contributed by atoms with E-state index in [1.807, 2.05) is 6.07 Å². The summed E-state index contributed by atoms with van der Waals surface area (Å²) in [5.41, 5.74) is 3.01. The molecule has 0 aliphatic heterocycles. The molecule has 0 aliphatic carbocycles. The van der Waals surface area contributed by atoms with Gasteiger partial charge in [-0.25, -0.2) is 4.79 Å². The van der Waals surface area contributed by atoms with E-state index in [1.165, 1.54) is 56.8 Å². The third kappa shape index (κ3) is 4.75. The zero-order valence-electron chi connectivity index (χ0n) is 15.7. The summed E-state index contributed by atoms with van der Waals surface area (Å²) in [6.45, 7) is 4.44. The topological polar surface area (TPSA) is 46.5 Å². The van der Waals surface area contributed by atoms with E-state index in [9.17, 15) is 9.90 Å². The first-order chi connectivity index (χ1) is 12.1. The van der Waals surface area contributed by atoms with E-state index in [2.05, 4.69) is 26.0 Å². The van der Waals surface area contributed by atoms with Crippen LogP contribution in [-0.4, -0.2) is 18.2 Å². The molecule has 0 heterocycles. The molecule has 0 saturated heterocycles. The standard InChI is InChI=1S/C22H30O3/c1-4-6-8-10-16-12-13-17-14-20(22(23)24)21(25-3)15-19(17)18(16)11-9-7-5-2/h12-15H,4-11H2,1-3H3,(H,23,24). The number of carbonyl (C=O) groups is 1. The van der Waals surface area contributed by atoms with E-state index in [-0.39, 0.29) is 5.56 Å². The lowest BCUT2D eigenvalue weighted by Gasteiger charge is -2.15. The highest BCUT2D eigenvalue weighted by Gasteiger charge is 2.15. The lowest BCUT2D eigenvalue weighted by Crippen LogP contribution is -2.03. The number of methoxy groups -OCH3 is 1. The van der Waals surface area contributed by atoms with Crippen LogP contribution in [0.25, 0.3) is 10.8 Å². The van der Waals surface area contributed by atoms with Gasteiger partial charge >= 0.3 is 5.97 Å². The van der Waals surface area contributed by atoms with Crippen LogP contribution in [0, 0.1) is 0 Å². The molecule has 0 amide bonds. The van der Waals surface area contributed by atoms with Gasteiger partial charge in [-0.2, -0.15) is 0 Å². The number of carboxylic acid groups (broad SMARTS) is 1. The Morgan fingerprint density at radius 1 is 1.00 bits per heavy atom. The molecule has 0 fully saturated rings. The molecule has 3 heteroatoms. The number of carboxylic acids is 1. The number of aromatic carboxylic acids is 1. The predicted molar refractivity (Wildman–Crippen MR) is 104 cm³/mol. The van der Waals surface area contributed by atoms with Gasteiger partial charge in [-0.3, -0.25) is 0 Å². The van der Waals surface area contributed by atoms with Crippen molar-refractivity contribution in [1.29, 1.82) is 0 Å². The van der Waals surface area contributed by atoms with Gasteiger partial charge in [0.2, 0.25) is 0 Å². The number of unbranched alkanes of at least 4 members (excludes halogenated alkanes) is 4. The molecule has 136 valence electrons. The van der Waals surface area contributed by atoms with Crippen molar-refractivity contribution in [2.75, 3.05) is 7.11 Å². The Morgan fingerprint density at radius 2 is 1.68 bits per heavy atom. The molecule has 0 aliphatic rings. The Hall–Kier alpha value is -2.03. The normalized spacial score (nSPS) is 11.0. The quantitative estimate of drug-likeness (QED) is 0.538. The zero-order valence-corrected chi connectivity index (χ0v) is 15.7. The number of hydrogen-bond donors (Lipinski definition) is 1. The van der Waals surface area contributed by atoms with Gasteiger partial charge in [0.15, 0.2) is 0 Å². The number of aryl methyl sites for hydroxylation is 2. The number of hydrogen-bond acceptors (Lipinski definition) is 2. The first-order valence-corrected chi connectivity index (χ1v) is 9.48. The summed E-state index contributed by atoms with van der Waals surface area (Å²) in [5.74, 6) is -0.499. The molecule has 25 heavy (non-hydrogen) atoms. The summed E-state index contributed by atoms with van der Waals surface area (Å²) in [6.07, 6.45) is 9.38. The largest absolute Gasteiger partial charge is 0.496 e. The molecule has 0 atom stereocenters. The van der Waals surface area contributed by atoms with Gasteiger partial charge in [0, 0.05) is 0 Å². The first kappa shape index (κ1) is 19.3. The molecule has 2 aromatic carbocycles. The maximum Gasteiger partial charge on any atom is 0.339 e. The van der Waals surface area contributed by atoms with Crippen molar-refractivity contribution in [3.63, 3.8) is 0 Å². The molecule has 0 aromatic heterocycles. The minimum Gasteiger partial charge on any atom is -0.496 e. The average Bonchev–Trinajstić information content (AvgIpc) is 2.62. The van der Waals surface area contributed by atoms with Crippen molar-refractivity contribution in [3.8, 4) is 5.75 Å². The lowest BCUT2D eigenvalue weighted by molar-refractivity contribution is 0.0693. The van der Waals surface area contributed by atoms with E-state index >= 15 is 0 Å². The molecule has 0 radical (unpaired) electrons. The smallest absolute Gasteiger partial charge is 0.339 e. The van der Waals surface area contributed by atoms with Crippen molar-refractivity contribution in [3.05, 3.63) is 41.0 Å². The fraction of sp³-hybridized carbons (Fsp3) is 0.500. The Labute approximate surface area is 151 Å². The van der Waals surface area contributed by atoms with Crippen molar-refractivity contribution < 1.29 is 14.6 Å². The highest BCUT2D eigenvalue weighted by molar-refractivity contribution is 5.99. The van der Waals surface area contributed by atoms with Crippen molar-refractivity contribution in [1.82, 2.24) is 0 Å². The van der Waals surface area contributed by atoms with E-state index in [0.717, 1.165) is 23.6 Å². The minimum atomic E-state index is -0.946. The Kier molecular flexibility index (Phi) is 7.30.